The number of nitrogens with zero attached hydrogens (tertiary/aromatic N) is 5. The molecule has 1 saturated carbocycles. The van der Waals surface area contributed by atoms with Crippen molar-refractivity contribution in [1.82, 2.24) is 30.2 Å². The Hall–Kier alpha value is -2.96. The van der Waals surface area contributed by atoms with Crippen molar-refractivity contribution in [3.63, 3.8) is 0 Å². The first-order valence-corrected chi connectivity index (χ1v) is 16.0. The van der Waals surface area contributed by atoms with E-state index in [1.807, 2.05) is 19.1 Å². The summed E-state index contributed by atoms with van der Waals surface area (Å²) in [6, 6.07) is 4.14. The van der Waals surface area contributed by atoms with Crippen LogP contribution in [-0.4, -0.2) is 65.4 Å². The van der Waals surface area contributed by atoms with Crippen LogP contribution in [0.3, 0.4) is 0 Å². The van der Waals surface area contributed by atoms with E-state index in [2.05, 4.69) is 48.7 Å². The number of thiazole rings is 1. The van der Waals surface area contributed by atoms with E-state index in [9.17, 15) is 9.00 Å². The normalized spacial score (nSPS) is 19.2. The van der Waals surface area contributed by atoms with E-state index in [1.54, 1.807) is 24.8 Å². The summed E-state index contributed by atoms with van der Waals surface area (Å²) >= 11 is 1.27. The molecule has 1 aliphatic heterocycles. The Morgan fingerprint density at radius 3 is 2.83 bits per heavy atom. The van der Waals surface area contributed by atoms with Gasteiger partial charge >= 0.3 is 0 Å². The molecule has 3 atom stereocenters. The zero-order valence-corrected chi connectivity index (χ0v) is 24.8. The summed E-state index contributed by atoms with van der Waals surface area (Å²) in [5.74, 6) is 0.174. The first kappa shape index (κ1) is 28.6. The Balaban J connectivity index is 1.37. The van der Waals surface area contributed by atoms with Gasteiger partial charge in [-0.2, -0.15) is 0 Å². The topological polar surface area (TPSA) is 122 Å². The SMILES string of the molecule is CCOc1cncc(-c2cnc(C(=O)NC(CC3CCCCN3C(C)C)c3cc(NS(=O)C4CC4)ccn3)s2)n1. The number of carbonyl (C=O) groups excluding carboxylic acids is 1. The van der Waals surface area contributed by atoms with E-state index in [1.165, 1.54) is 24.2 Å². The maximum absolute atomic E-state index is 13.5. The highest BCUT2D eigenvalue weighted by Gasteiger charge is 2.31. The second kappa shape index (κ2) is 13.1. The highest BCUT2D eigenvalue weighted by Crippen LogP contribution is 2.31. The van der Waals surface area contributed by atoms with Gasteiger partial charge in [0.2, 0.25) is 5.88 Å². The van der Waals surface area contributed by atoms with Gasteiger partial charge in [-0.3, -0.25) is 19.7 Å². The van der Waals surface area contributed by atoms with Crippen LogP contribution < -0.4 is 14.8 Å². The number of hydrogen-bond acceptors (Lipinski definition) is 9. The molecule has 10 nitrogen and oxygen atoms in total. The number of amides is 1. The molecule has 3 aromatic heterocycles. The average Bonchev–Trinajstić information content (AvgIpc) is 3.69. The zero-order valence-electron chi connectivity index (χ0n) is 23.2. The molecular weight excluding hydrogens is 546 g/mol. The van der Waals surface area contributed by atoms with Gasteiger partial charge in [0.15, 0.2) is 5.01 Å². The van der Waals surface area contributed by atoms with Crippen LogP contribution in [0.15, 0.2) is 36.9 Å². The summed E-state index contributed by atoms with van der Waals surface area (Å²) in [4.78, 5) is 34.5. The molecule has 214 valence electrons. The second-order valence-corrected chi connectivity index (χ2v) is 13.0. The predicted molar refractivity (Wildman–Crippen MR) is 158 cm³/mol. The fourth-order valence-corrected chi connectivity index (χ4v) is 6.93. The maximum Gasteiger partial charge on any atom is 0.280 e. The largest absolute Gasteiger partial charge is 0.477 e. The van der Waals surface area contributed by atoms with Gasteiger partial charge in [0.25, 0.3) is 5.91 Å². The third-order valence-electron chi connectivity index (χ3n) is 7.19. The fraction of sp³-hybridized carbons (Fsp3) is 0.536. The number of carbonyl (C=O) groups is 1. The van der Waals surface area contributed by atoms with Gasteiger partial charge in [0.1, 0.15) is 16.7 Å². The quantitative estimate of drug-likeness (QED) is 0.313. The molecule has 2 aliphatic rings. The van der Waals surface area contributed by atoms with Crippen LogP contribution in [-0.2, 0) is 11.0 Å². The summed E-state index contributed by atoms with van der Waals surface area (Å²) in [7, 11) is -1.11. The Morgan fingerprint density at radius 1 is 1.20 bits per heavy atom. The Morgan fingerprint density at radius 2 is 2.05 bits per heavy atom. The lowest BCUT2D eigenvalue weighted by atomic mass is 9.93. The molecule has 0 bridgehead atoms. The number of hydrogen-bond donors (Lipinski definition) is 2. The molecule has 3 aromatic rings. The number of anilines is 1. The van der Waals surface area contributed by atoms with Crippen LogP contribution in [0.5, 0.6) is 5.88 Å². The first-order valence-electron chi connectivity index (χ1n) is 14.0. The smallest absolute Gasteiger partial charge is 0.280 e. The van der Waals surface area contributed by atoms with Gasteiger partial charge in [-0.25, -0.2) is 14.2 Å². The molecular formula is C28H37N7O3S2. The van der Waals surface area contributed by atoms with Crippen LogP contribution in [0.1, 0.15) is 80.8 Å². The van der Waals surface area contributed by atoms with Gasteiger partial charge in [0.05, 0.1) is 40.9 Å². The van der Waals surface area contributed by atoms with Crippen molar-refractivity contribution in [2.24, 2.45) is 0 Å². The van der Waals surface area contributed by atoms with Crippen molar-refractivity contribution >= 4 is 33.9 Å². The Labute approximate surface area is 242 Å². The van der Waals surface area contributed by atoms with Crippen LogP contribution in [0.4, 0.5) is 5.69 Å². The molecule has 4 heterocycles. The molecule has 2 N–H and O–H groups in total. The number of pyridine rings is 1. The molecule has 3 unspecified atom stereocenters. The van der Waals surface area contributed by atoms with Crippen molar-refractivity contribution in [2.75, 3.05) is 17.9 Å². The van der Waals surface area contributed by atoms with E-state index >= 15 is 0 Å². The monoisotopic (exact) mass is 583 g/mol. The first-order chi connectivity index (χ1) is 19.4. The Kier molecular flexibility index (Phi) is 9.38. The molecule has 1 amide bonds. The van der Waals surface area contributed by atoms with E-state index < -0.39 is 11.0 Å². The van der Waals surface area contributed by atoms with E-state index in [4.69, 9.17) is 4.74 Å². The lowest BCUT2D eigenvalue weighted by Crippen LogP contribution is -2.46. The number of likely N-dealkylation sites (tertiary alicyclic amines) is 1. The number of rotatable bonds is 12. The fourth-order valence-electron chi connectivity index (χ4n) is 5.07. The molecule has 0 spiro atoms. The highest BCUT2D eigenvalue weighted by molar-refractivity contribution is 7.87. The summed E-state index contributed by atoms with van der Waals surface area (Å²) in [5.41, 5.74) is 2.11. The van der Waals surface area contributed by atoms with Crippen molar-refractivity contribution in [3.8, 4) is 16.5 Å². The van der Waals surface area contributed by atoms with Crippen molar-refractivity contribution in [2.45, 2.75) is 82.7 Å². The second-order valence-electron chi connectivity index (χ2n) is 10.5. The van der Waals surface area contributed by atoms with E-state index in [-0.39, 0.29) is 17.2 Å². The maximum atomic E-state index is 13.5. The number of ether oxygens (including phenoxy) is 1. The number of nitrogens with one attached hydrogen (secondary N) is 2. The van der Waals surface area contributed by atoms with Crippen LogP contribution >= 0.6 is 11.3 Å². The van der Waals surface area contributed by atoms with E-state index in [0.29, 0.717) is 35.3 Å². The highest BCUT2D eigenvalue weighted by atomic mass is 32.2. The molecule has 1 saturated heterocycles. The standard InChI is InChI=1S/C28H37N7O3S2/c1-4-38-26-17-29-15-24(32-26)25-16-31-28(39-25)27(36)33-23(14-20-7-5-6-12-35(20)18(2)3)22-13-19(10-11-30-22)34-40(37)21-8-9-21/h10-11,13,15-18,20-21,23H,4-9,12,14H2,1-3H3,(H,30,34)(H,33,36). The van der Waals surface area contributed by atoms with Crippen molar-refractivity contribution in [1.29, 1.82) is 0 Å². The molecule has 5 rings (SSSR count). The summed E-state index contributed by atoms with van der Waals surface area (Å²) in [6.07, 6.45) is 12.7. The summed E-state index contributed by atoms with van der Waals surface area (Å²) < 4.78 is 21.1. The Bertz CT molecular complexity index is 1330. The number of aromatic nitrogens is 4. The third-order valence-corrected chi connectivity index (χ3v) is 9.72. The van der Waals surface area contributed by atoms with E-state index in [0.717, 1.165) is 48.5 Å². The van der Waals surface area contributed by atoms with Crippen LogP contribution in [0, 0.1) is 0 Å². The van der Waals surface area contributed by atoms with Crippen molar-refractivity contribution in [3.05, 3.63) is 47.6 Å². The van der Waals surface area contributed by atoms with Crippen molar-refractivity contribution < 1.29 is 13.7 Å². The zero-order chi connectivity index (χ0) is 28.1. The molecule has 0 radical (unpaired) electrons. The minimum absolute atomic E-state index is 0.215. The van der Waals surface area contributed by atoms with Gasteiger partial charge in [-0.15, -0.1) is 11.3 Å². The summed E-state index contributed by atoms with van der Waals surface area (Å²) in [5, 5.41) is 3.78. The lowest BCUT2D eigenvalue weighted by molar-refractivity contribution is 0.0847. The minimum atomic E-state index is -1.11. The van der Waals surface area contributed by atoms with Gasteiger partial charge < -0.3 is 14.8 Å². The molecule has 0 aromatic carbocycles. The third kappa shape index (κ3) is 7.21. The minimum Gasteiger partial charge on any atom is -0.477 e. The van der Waals surface area contributed by atoms with Crippen LogP contribution in [0.25, 0.3) is 10.6 Å². The number of piperidine rings is 1. The lowest BCUT2D eigenvalue weighted by Gasteiger charge is -2.40. The molecule has 1 aliphatic carbocycles. The van der Waals surface area contributed by atoms with Gasteiger partial charge in [-0.1, -0.05) is 6.42 Å². The summed E-state index contributed by atoms with van der Waals surface area (Å²) in [6.45, 7) is 7.88. The average molecular weight is 584 g/mol. The molecule has 40 heavy (non-hydrogen) atoms. The molecule has 12 heteroatoms. The predicted octanol–water partition coefficient (Wildman–Crippen LogP) is 4.76. The van der Waals surface area contributed by atoms with Gasteiger partial charge in [0, 0.05) is 30.2 Å². The van der Waals surface area contributed by atoms with Crippen LogP contribution in [0.2, 0.25) is 0 Å². The molecule has 2 fully saturated rings. The van der Waals surface area contributed by atoms with Gasteiger partial charge in [-0.05, 0) is 71.6 Å².